The zero-order valence-corrected chi connectivity index (χ0v) is 9.35. The summed E-state index contributed by atoms with van der Waals surface area (Å²) in [6.45, 7) is 1.68. The molecule has 1 heterocycles. The zero-order chi connectivity index (χ0) is 10.1. The fraction of sp³-hybridized carbons (Fsp3) is 0.300. The van der Waals surface area contributed by atoms with E-state index in [1.807, 2.05) is 6.07 Å². The van der Waals surface area contributed by atoms with Crippen molar-refractivity contribution in [2.24, 2.45) is 0 Å². The van der Waals surface area contributed by atoms with E-state index in [0.717, 1.165) is 17.6 Å². The molecule has 0 saturated heterocycles. The Morgan fingerprint density at radius 2 is 2.29 bits per heavy atom. The Morgan fingerprint density at radius 3 is 3.00 bits per heavy atom. The molecule has 4 heteroatoms. The van der Waals surface area contributed by atoms with Gasteiger partial charge in [0.1, 0.15) is 0 Å². The Kier molecular flexibility index (Phi) is 2.56. The van der Waals surface area contributed by atoms with E-state index in [-0.39, 0.29) is 5.97 Å². The van der Waals surface area contributed by atoms with Crippen LogP contribution in [-0.2, 0) is 17.8 Å². The third kappa shape index (κ3) is 1.55. The predicted molar refractivity (Wildman–Crippen MR) is 56.0 cm³/mol. The van der Waals surface area contributed by atoms with Crippen LogP contribution in [0.25, 0.3) is 0 Å². The smallest absolute Gasteiger partial charge is 0.337 e. The third-order valence-electron chi connectivity index (χ3n) is 2.33. The summed E-state index contributed by atoms with van der Waals surface area (Å²) in [7, 11) is 1.39. The quantitative estimate of drug-likeness (QED) is 0.779. The number of esters is 1. The number of rotatable bonds is 1. The lowest BCUT2D eigenvalue weighted by Crippen LogP contribution is -2.02. The number of fused-ring (bicyclic) bond motifs is 1. The van der Waals surface area contributed by atoms with Crippen molar-refractivity contribution in [3.63, 3.8) is 0 Å². The number of carbonyl (C=O) groups excluding carboxylic acids is 1. The van der Waals surface area contributed by atoms with Crippen LogP contribution in [0.15, 0.2) is 16.6 Å². The van der Waals surface area contributed by atoms with Gasteiger partial charge >= 0.3 is 5.97 Å². The van der Waals surface area contributed by atoms with Crippen molar-refractivity contribution in [2.45, 2.75) is 13.1 Å². The summed E-state index contributed by atoms with van der Waals surface area (Å²) < 4.78 is 5.64. The third-order valence-corrected chi connectivity index (χ3v) is 3.03. The minimum Gasteiger partial charge on any atom is -0.465 e. The molecule has 0 aliphatic carbocycles. The van der Waals surface area contributed by atoms with Gasteiger partial charge in [0.15, 0.2) is 0 Å². The first-order chi connectivity index (χ1) is 6.72. The maximum Gasteiger partial charge on any atom is 0.337 e. The minimum absolute atomic E-state index is 0.291. The summed E-state index contributed by atoms with van der Waals surface area (Å²) in [6, 6.07) is 3.68. The number of nitrogens with one attached hydrogen (secondary N) is 1. The van der Waals surface area contributed by atoms with Gasteiger partial charge in [0.2, 0.25) is 0 Å². The molecule has 0 radical (unpaired) electrons. The van der Waals surface area contributed by atoms with Crippen molar-refractivity contribution in [3.05, 3.63) is 33.3 Å². The standard InChI is InChI=1S/C10H10BrNO2/c1-14-10(13)6-2-7-4-12-5-8(7)9(11)3-6/h2-3,12H,4-5H2,1H3. The SMILES string of the molecule is COC(=O)c1cc(Br)c2c(c1)CNC2. The van der Waals surface area contributed by atoms with Gasteiger partial charge in [0.05, 0.1) is 12.7 Å². The molecule has 0 fully saturated rings. The summed E-state index contributed by atoms with van der Waals surface area (Å²) in [5, 5.41) is 3.23. The summed E-state index contributed by atoms with van der Waals surface area (Å²) in [6.07, 6.45) is 0. The zero-order valence-electron chi connectivity index (χ0n) is 7.76. The molecule has 14 heavy (non-hydrogen) atoms. The Labute approximate surface area is 90.6 Å². The summed E-state index contributed by atoms with van der Waals surface area (Å²) in [5.74, 6) is -0.291. The lowest BCUT2D eigenvalue weighted by Gasteiger charge is -2.05. The lowest BCUT2D eigenvalue weighted by atomic mass is 10.1. The minimum atomic E-state index is -0.291. The van der Waals surface area contributed by atoms with E-state index >= 15 is 0 Å². The van der Waals surface area contributed by atoms with E-state index < -0.39 is 0 Å². The normalized spacial score (nSPS) is 13.9. The molecule has 0 spiro atoms. The number of ether oxygens (including phenoxy) is 1. The van der Waals surface area contributed by atoms with E-state index in [0.29, 0.717) is 5.56 Å². The topological polar surface area (TPSA) is 38.3 Å². The van der Waals surface area contributed by atoms with Crippen molar-refractivity contribution in [3.8, 4) is 0 Å². The highest BCUT2D eigenvalue weighted by Crippen LogP contribution is 2.26. The van der Waals surface area contributed by atoms with Crippen LogP contribution >= 0.6 is 15.9 Å². The molecule has 0 unspecified atom stereocenters. The van der Waals surface area contributed by atoms with Gasteiger partial charge in [0.25, 0.3) is 0 Å². The van der Waals surface area contributed by atoms with E-state index in [2.05, 4.69) is 26.0 Å². The van der Waals surface area contributed by atoms with Gasteiger partial charge in [-0.3, -0.25) is 0 Å². The maximum atomic E-state index is 11.3. The average molecular weight is 256 g/mol. The number of hydrogen-bond donors (Lipinski definition) is 1. The summed E-state index contributed by atoms with van der Waals surface area (Å²) >= 11 is 3.45. The van der Waals surface area contributed by atoms with Gasteiger partial charge in [-0.25, -0.2) is 4.79 Å². The van der Waals surface area contributed by atoms with E-state index in [4.69, 9.17) is 0 Å². The number of halogens is 1. The van der Waals surface area contributed by atoms with Crippen molar-refractivity contribution in [1.82, 2.24) is 5.32 Å². The molecule has 1 aliphatic rings. The van der Waals surface area contributed by atoms with Crippen LogP contribution in [0.3, 0.4) is 0 Å². The molecular weight excluding hydrogens is 246 g/mol. The second-order valence-electron chi connectivity index (χ2n) is 3.19. The van der Waals surface area contributed by atoms with Crippen molar-refractivity contribution < 1.29 is 9.53 Å². The molecule has 1 aliphatic heterocycles. The number of hydrogen-bond acceptors (Lipinski definition) is 3. The molecule has 1 N–H and O–H groups in total. The Bertz CT molecular complexity index is 390. The number of benzene rings is 1. The first kappa shape index (κ1) is 9.68. The van der Waals surface area contributed by atoms with E-state index in [9.17, 15) is 4.79 Å². The first-order valence-electron chi connectivity index (χ1n) is 4.32. The predicted octanol–water partition coefficient (Wildman–Crippen LogP) is 1.84. The van der Waals surface area contributed by atoms with Crippen LogP contribution in [0, 0.1) is 0 Å². The highest BCUT2D eigenvalue weighted by Gasteiger charge is 2.17. The Hall–Kier alpha value is -0.870. The van der Waals surface area contributed by atoms with Crippen LogP contribution in [-0.4, -0.2) is 13.1 Å². The molecule has 0 atom stereocenters. The molecule has 0 saturated carbocycles. The molecule has 0 amide bonds. The average Bonchev–Trinajstić information content (AvgIpc) is 2.64. The van der Waals surface area contributed by atoms with Crippen molar-refractivity contribution in [1.29, 1.82) is 0 Å². The highest BCUT2D eigenvalue weighted by molar-refractivity contribution is 9.10. The molecule has 0 bridgehead atoms. The molecular formula is C10H10BrNO2. The fourth-order valence-corrected chi connectivity index (χ4v) is 2.25. The molecule has 0 aromatic heterocycles. The van der Waals surface area contributed by atoms with Crippen molar-refractivity contribution in [2.75, 3.05) is 7.11 Å². The second-order valence-corrected chi connectivity index (χ2v) is 4.05. The van der Waals surface area contributed by atoms with Crippen molar-refractivity contribution >= 4 is 21.9 Å². The van der Waals surface area contributed by atoms with E-state index in [1.54, 1.807) is 6.07 Å². The monoisotopic (exact) mass is 255 g/mol. The maximum absolute atomic E-state index is 11.3. The molecule has 1 aromatic rings. The summed E-state index contributed by atoms with van der Waals surface area (Å²) in [5.41, 5.74) is 3.00. The first-order valence-corrected chi connectivity index (χ1v) is 5.12. The van der Waals surface area contributed by atoms with Gasteiger partial charge < -0.3 is 10.1 Å². The number of carbonyl (C=O) groups is 1. The molecule has 1 aromatic carbocycles. The van der Waals surface area contributed by atoms with Gasteiger partial charge in [-0.2, -0.15) is 0 Å². The Morgan fingerprint density at radius 1 is 1.50 bits per heavy atom. The van der Waals surface area contributed by atoms with Crippen LogP contribution in [0.2, 0.25) is 0 Å². The molecule has 2 rings (SSSR count). The van der Waals surface area contributed by atoms with Gasteiger partial charge in [-0.15, -0.1) is 0 Å². The van der Waals surface area contributed by atoms with Crippen LogP contribution < -0.4 is 5.32 Å². The highest BCUT2D eigenvalue weighted by atomic mass is 79.9. The number of methoxy groups -OCH3 is 1. The van der Waals surface area contributed by atoms with Crippen LogP contribution in [0.4, 0.5) is 0 Å². The summed E-state index contributed by atoms with van der Waals surface area (Å²) in [4.78, 5) is 11.3. The Balaban J connectivity index is 2.46. The van der Waals surface area contributed by atoms with Gasteiger partial charge in [0, 0.05) is 17.6 Å². The molecule has 3 nitrogen and oxygen atoms in total. The lowest BCUT2D eigenvalue weighted by molar-refractivity contribution is 0.0600. The second kappa shape index (κ2) is 3.71. The van der Waals surface area contributed by atoms with Crippen LogP contribution in [0.5, 0.6) is 0 Å². The van der Waals surface area contributed by atoms with Gasteiger partial charge in [-0.05, 0) is 23.3 Å². The van der Waals surface area contributed by atoms with E-state index in [1.165, 1.54) is 18.2 Å². The fourth-order valence-electron chi connectivity index (χ4n) is 1.61. The molecule has 74 valence electrons. The van der Waals surface area contributed by atoms with Gasteiger partial charge in [-0.1, -0.05) is 15.9 Å². The van der Waals surface area contributed by atoms with Crippen LogP contribution in [0.1, 0.15) is 21.5 Å². The largest absolute Gasteiger partial charge is 0.465 e.